The third kappa shape index (κ3) is 5.52. The van der Waals surface area contributed by atoms with Crippen LogP contribution in [0.15, 0.2) is 30.3 Å². The van der Waals surface area contributed by atoms with Crippen LogP contribution in [-0.4, -0.2) is 29.6 Å². The van der Waals surface area contributed by atoms with Crippen LogP contribution in [0.1, 0.15) is 25.3 Å². The molecule has 0 aromatic heterocycles. The Morgan fingerprint density at radius 2 is 2.00 bits per heavy atom. The number of alkyl carbamates (subject to hydrolysis) is 1. The molecule has 0 spiro atoms. The number of benzene rings is 1. The normalized spacial score (nSPS) is 11.7. The summed E-state index contributed by atoms with van der Waals surface area (Å²) >= 11 is 0. The van der Waals surface area contributed by atoms with Crippen molar-refractivity contribution in [3.8, 4) is 0 Å². The Morgan fingerprint density at radius 1 is 1.32 bits per heavy atom. The molecule has 104 valence electrons. The van der Waals surface area contributed by atoms with Crippen LogP contribution in [-0.2, 0) is 16.1 Å². The molecule has 0 bridgehead atoms. The zero-order valence-corrected chi connectivity index (χ0v) is 11.0. The molecule has 1 aromatic rings. The summed E-state index contributed by atoms with van der Waals surface area (Å²) in [6.45, 7) is 1.58. The molecule has 0 aliphatic carbocycles. The number of ketones is 1. The number of amides is 1. The number of hydrogen-bond donors (Lipinski definition) is 2. The lowest BCUT2D eigenvalue weighted by atomic mass is 10.1. The van der Waals surface area contributed by atoms with Crippen molar-refractivity contribution in [3.63, 3.8) is 0 Å². The maximum atomic E-state index is 11.6. The van der Waals surface area contributed by atoms with Crippen LogP contribution < -0.4 is 5.32 Å². The number of hydrogen-bond acceptors (Lipinski definition) is 4. The first-order valence-electron chi connectivity index (χ1n) is 6.28. The van der Waals surface area contributed by atoms with Gasteiger partial charge in [0, 0.05) is 6.42 Å². The molecule has 0 saturated carbocycles. The first-order chi connectivity index (χ1) is 9.17. The van der Waals surface area contributed by atoms with Gasteiger partial charge >= 0.3 is 6.09 Å². The van der Waals surface area contributed by atoms with Crippen LogP contribution in [0.25, 0.3) is 0 Å². The molecule has 0 saturated heterocycles. The molecule has 19 heavy (non-hydrogen) atoms. The lowest BCUT2D eigenvalue weighted by Gasteiger charge is -2.14. The summed E-state index contributed by atoms with van der Waals surface area (Å²) in [6.07, 6.45) is 0.299. The molecule has 0 aliphatic heterocycles. The number of aliphatic hydroxyl groups is 1. The summed E-state index contributed by atoms with van der Waals surface area (Å²) in [4.78, 5) is 23.1. The highest BCUT2D eigenvalue weighted by molar-refractivity contribution is 5.87. The molecule has 0 heterocycles. The number of ether oxygens (including phenoxy) is 1. The fraction of sp³-hybridized carbons (Fsp3) is 0.429. The van der Waals surface area contributed by atoms with Gasteiger partial charge in [-0.15, -0.1) is 0 Å². The van der Waals surface area contributed by atoms with E-state index in [1.807, 2.05) is 37.3 Å². The molecule has 2 N–H and O–H groups in total. The summed E-state index contributed by atoms with van der Waals surface area (Å²) in [7, 11) is 0. The molecular weight excluding hydrogens is 246 g/mol. The minimum absolute atomic E-state index is 0.132. The molecule has 1 amide bonds. The van der Waals surface area contributed by atoms with E-state index in [0.29, 0.717) is 12.8 Å². The highest BCUT2D eigenvalue weighted by atomic mass is 16.5. The maximum absolute atomic E-state index is 11.6. The summed E-state index contributed by atoms with van der Waals surface area (Å²) in [6, 6.07) is 8.34. The molecule has 0 aliphatic rings. The summed E-state index contributed by atoms with van der Waals surface area (Å²) in [5.41, 5.74) is 0.859. The average molecular weight is 265 g/mol. The van der Waals surface area contributed by atoms with Crippen molar-refractivity contribution in [3.05, 3.63) is 35.9 Å². The lowest BCUT2D eigenvalue weighted by Crippen LogP contribution is -2.43. The minimum atomic E-state index is -0.886. The van der Waals surface area contributed by atoms with Gasteiger partial charge < -0.3 is 15.2 Å². The van der Waals surface area contributed by atoms with Crippen molar-refractivity contribution in [2.75, 3.05) is 6.61 Å². The topological polar surface area (TPSA) is 75.6 Å². The van der Waals surface area contributed by atoms with Crippen molar-refractivity contribution >= 4 is 11.9 Å². The number of rotatable bonds is 7. The SMILES string of the molecule is CCCC(=O)C(CO)NC(=O)OCc1ccccc1. The van der Waals surface area contributed by atoms with Gasteiger partial charge in [0.2, 0.25) is 0 Å². The summed E-state index contributed by atoms with van der Waals surface area (Å²) in [5, 5.41) is 11.4. The Bertz CT molecular complexity index is 405. The molecule has 5 heteroatoms. The summed E-state index contributed by atoms with van der Waals surface area (Å²) < 4.78 is 4.98. The van der Waals surface area contributed by atoms with E-state index < -0.39 is 18.7 Å². The molecule has 1 atom stereocenters. The van der Waals surface area contributed by atoms with Crippen LogP contribution in [0.3, 0.4) is 0 Å². The van der Waals surface area contributed by atoms with E-state index in [1.165, 1.54) is 0 Å². The van der Waals surface area contributed by atoms with Crippen molar-refractivity contribution in [1.82, 2.24) is 5.32 Å². The molecule has 1 aromatic carbocycles. The Labute approximate surface area is 112 Å². The van der Waals surface area contributed by atoms with Crippen molar-refractivity contribution in [1.29, 1.82) is 0 Å². The van der Waals surface area contributed by atoms with Crippen LogP contribution in [0.4, 0.5) is 4.79 Å². The molecule has 1 unspecified atom stereocenters. The molecule has 0 radical (unpaired) electrons. The highest BCUT2D eigenvalue weighted by Gasteiger charge is 2.19. The van der Waals surface area contributed by atoms with Gasteiger partial charge in [0.15, 0.2) is 5.78 Å². The zero-order valence-electron chi connectivity index (χ0n) is 11.0. The van der Waals surface area contributed by atoms with E-state index in [9.17, 15) is 9.59 Å². The smallest absolute Gasteiger partial charge is 0.408 e. The largest absolute Gasteiger partial charge is 0.445 e. The molecule has 5 nitrogen and oxygen atoms in total. The predicted molar refractivity (Wildman–Crippen MR) is 70.6 cm³/mol. The Kier molecular flexibility index (Phi) is 6.60. The van der Waals surface area contributed by atoms with Crippen LogP contribution in [0.2, 0.25) is 0 Å². The van der Waals surface area contributed by atoms with E-state index in [-0.39, 0.29) is 12.4 Å². The highest BCUT2D eigenvalue weighted by Crippen LogP contribution is 2.01. The predicted octanol–water partition coefficient (Wildman–Crippen LogP) is 1.64. The maximum Gasteiger partial charge on any atom is 0.408 e. The fourth-order valence-corrected chi connectivity index (χ4v) is 1.56. The van der Waals surface area contributed by atoms with Crippen molar-refractivity contribution in [2.24, 2.45) is 0 Å². The van der Waals surface area contributed by atoms with E-state index >= 15 is 0 Å². The van der Waals surface area contributed by atoms with Crippen LogP contribution in [0, 0.1) is 0 Å². The standard InChI is InChI=1S/C14H19NO4/c1-2-6-13(17)12(9-16)15-14(18)19-10-11-7-4-3-5-8-11/h3-5,7-8,12,16H,2,6,9-10H2,1H3,(H,15,18). The average Bonchev–Trinajstić information content (AvgIpc) is 2.44. The quantitative estimate of drug-likeness (QED) is 0.786. The van der Waals surface area contributed by atoms with Crippen LogP contribution >= 0.6 is 0 Å². The van der Waals surface area contributed by atoms with E-state index in [2.05, 4.69) is 5.32 Å². The number of nitrogens with one attached hydrogen (secondary N) is 1. The monoisotopic (exact) mass is 265 g/mol. The van der Waals surface area contributed by atoms with Crippen molar-refractivity contribution in [2.45, 2.75) is 32.4 Å². The molecule has 0 fully saturated rings. The fourth-order valence-electron chi connectivity index (χ4n) is 1.56. The van der Waals surface area contributed by atoms with Crippen molar-refractivity contribution < 1.29 is 19.4 Å². The van der Waals surface area contributed by atoms with E-state index in [4.69, 9.17) is 9.84 Å². The van der Waals surface area contributed by atoms with Gasteiger partial charge in [-0.1, -0.05) is 37.3 Å². The van der Waals surface area contributed by atoms with Gasteiger partial charge in [0.25, 0.3) is 0 Å². The minimum Gasteiger partial charge on any atom is -0.445 e. The van der Waals surface area contributed by atoms with Gasteiger partial charge in [-0.3, -0.25) is 4.79 Å². The lowest BCUT2D eigenvalue weighted by molar-refractivity contribution is -0.121. The third-order valence-electron chi connectivity index (χ3n) is 2.57. The Morgan fingerprint density at radius 3 is 2.58 bits per heavy atom. The van der Waals surface area contributed by atoms with E-state index in [1.54, 1.807) is 0 Å². The number of aliphatic hydroxyl groups excluding tert-OH is 1. The van der Waals surface area contributed by atoms with Gasteiger partial charge in [0.05, 0.1) is 6.61 Å². The first-order valence-corrected chi connectivity index (χ1v) is 6.28. The Balaban J connectivity index is 2.39. The first kappa shape index (κ1) is 15.2. The number of carbonyl (C=O) groups excluding carboxylic acids is 2. The second kappa shape index (κ2) is 8.26. The number of carbonyl (C=O) groups is 2. The van der Waals surface area contributed by atoms with E-state index in [0.717, 1.165) is 5.56 Å². The van der Waals surface area contributed by atoms with Gasteiger partial charge in [-0.25, -0.2) is 4.79 Å². The third-order valence-corrected chi connectivity index (χ3v) is 2.57. The summed E-state index contributed by atoms with van der Waals surface area (Å²) in [5.74, 6) is -0.193. The second-order valence-corrected chi connectivity index (χ2v) is 4.16. The zero-order chi connectivity index (χ0) is 14.1. The van der Waals surface area contributed by atoms with Gasteiger partial charge in [-0.2, -0.15) is 0 Å². The Hall–Kier alpha value is -1.88. The molecular formula is C14H19NO4. The second-order valence-electron chi connectivity index (χ2n) is 4.16. The van der Waals surface area contributed by atoms with Gasteiger partial charge in [-0.05, 0) is 12.0 Å². The van der Waals surface area contributed by atoms with Crippen LogP contribution in [0.5, 0.6) is 0 Å². The van der Waals surface area contributed by atoms with Gasteiger partial charge in [0.1, 0.15) is 12.6 Å². The number of Topliss-reactive ketones (excluding diaryl/α,β-unsaturated/α-hetero) is 1. The molecule has 1 rings (SSSR count).